The van der Waals surface area contributed by atoms with Crippen molar-refractivity contribution in [2.24, 2.45) is 0 Å². The van der Waals surface area contributed by atoms with Crippen LogP contribution in [0.1, 0.15) is 0 Å². The predicted octanol–water partition coefficient (Wildman–Crippen LogP) is 4.89. The number of benzene rings is 3. The van der Waals surface area contributed by atoms with E-state index in [9.17, 15) is 0 Å². The third-order valence-electron chi connectivity index (χ3n) is 4.64. The lowest BCUT2D eigenvalue weighted by Gasteiger charge is -2.18. The minimum absolute atomic E-state index is 0.996. The smallest absolute Gasteiger partial charge is 0.0727 e. The largest absolute Gasteiger partial charge is 0.382 e. The zero-order valence-electron chi connectivity index (χ0n) is 12.2. The molecular formula is C20H16N2. The molecule has 1 aliphatic heterocycles. The molecule has 1 aromatic heterocycles. The van der Waals surface area contributed by atoms with Crippen molar-refractivity contribution in [1.82, 2.24) is 4.57 Å². The molecule has 0 unspecified atom stereocenters. The normalized spacial score (nSPS) is 13.5. The van der Waals surface area contributed by atoms with E-state index in [1.54, 1.807) is 0 Å². The highest BCUT2D eigenvalue weighted by Gasteiger charge is 2.17. The van der Waals surface area contributed by atoms with E-state index in [1.807, 2.05) is 0 Å². The zero-order valence-corrected chi connectivity index (χ0v) is 12.2. The molecule has 0 bridgehead atoms. The van der Waals surface area contributed by atoms with Crippen LogP contribution in [0.3, 0.4) is 0 Å². The van der Waals surface area contributed by atoms with Crippen LogP contribution in [0.5, 0.6) is 0 Å². The Morgan fingerprint density at radius 1 is 0.773 bits per heavy atom. The summed E-state index contributed by atoms with van der Waals surface area (Å²) in [6.45, 7) is 2.03. The van der Waals surface area contributed by atoms with E-state index in [4.69, 9.17) is 0 Å². The molecule has 0 radical (unpaired) electrons. The predicted molar refractivity (Wildman–Crippen MR) is 93.4 cm³/mol. The van der Waals surface area contributed by atoms with Gasteiger partial charge in [0, 0.05) is 29.4 Å². The van der Waals surface area contributed by atoms with E-state index >= 15 is 0 Å². The molecule has 22 heavy (non-hydrogen) atoms. The Morgan fingerprint density at radius 3 is 2.59 bits per heavy atom. The van der Waals surface area contributed by atoms with Crippen LogP contribution in [0.4, 0.5) is 5.69 Å². The molecule has 2 heterocycles. The van der Waals surface area contributed by atoms with E-state index in [1.165, 1.54) is 38.6 Å². The summed E-state index contributed by atoms with van der Waals surface area (Å²) in [7, 11) is 0. The second-order valence-electron chi connectivity index (χ2n) is 5.88. The first-order chi connectivity index (χ1) is 10.9. The highest BCUT2D eigenvalue weighted by molar-refractivity contribution is 6.13. The van der Waals surface area contributed by atoms with Gasteiger partial charge in [0.1, 0.15) is 0 Å². The summed E-state index contributed by atoms with van der Waals surface area (Å²) < 4.78 is 2.45. The number of nitrogens with zero attached hydrogens (tertiary/aromatic N) is 1. The van der Waals surface area contributed by atoms with E-state index in [0.29, 0.717) is 0 Å². The van der Waals surface area contributed by atoms with Gasteiger partial charge in [0.25, 0.3) is 0 Å². The van der Waals surface area contributed by atoms with Gasteiger partial charge in [-0.05, 0) is 29.3 Å². The van der Waals surface area contributed by atoms with Crippen LogP contribution in [0.2, 0.25) is 0 Å². The maximum absolute atomic E-state index is 3.51. The molecule has 106 valence electrons. The highest BCUT2D eigenvalue weighted by Crippen LogP contribution is 2.37. The van der Waals surface area contributed by atoms with Crippen LogP contribution >= 0.6 is 0 Å². The van der Waals surface area contributed by atoms with Crippen molar-refractivity contribution < 1.29 is 0 Å². The number of rotatable bonds is 1. The molecule has 0 spiro atoms. The minimum atomic E-state index is 0.996. The van der Waals surface area contributed by atoms with Crippen molar-refractivity contribution in [2.75, 3.05) is 11.9 Å². The van der Waals surface area contributed by atoms with Crippen LogP contribution in [-0.4, -0.2) is 11.1 Å². The number of aromatic nitrogens is 1. The minimum Gasteiger partial charge on any atom is -0.382 e. The summed E-state index contributed by atoms with van der Waals surface area (Å²) in [4.78, 5) is 0. The lowest BCUT2D eigenvalue weighted by molar-refractivity contribution is 0.765. The number of para-hydroxylation sites is 1. The van der Waals surface area contributed by atoms with E-state index in [0.717, 1.165) is 13.1 Å². The van der Waals surface area contributed by atoms with Crippen molar-refractivity contribution in [1.29, 1.82) is 0 Å². The number of fused-ring (bicyclic) bond motifs is 3. The SMILES string of the molecule is c1ccc(-c2ccc3c(c2)c2cccc4c2n3CCN4)cc1. The van der Waals surface area contributed by atoms with E-state index in [2.05, 4.69) is 76.6 Å². The number of nitrogens with one attached hydrogen (secondary N) is 1. The molecule has 0 saturated carbocycles. The third kappa shape index (κ3) is 1.55. The summed E-state index contributed by atoms with van der Waals surface area (Å²) in [6, 6.07) is 24.0. The van der Waals surface area contributed by atoms with Gasteiger partial charge < -0.3 is 9.88 Å². The molecule has 0 aliphatic carbocycles. The fraction of sp³-hybridized carbons (Fsp3) is 0.100. The van der Waals surface area contributed by atoms with Crippen LogP contribution in [0.25, 0.3) is 32.9 Å². The first-order valence-corrected chi connectivity index (χ1v) is 7.76. The monoisotopic (exact) mass is 284 g/mol. The van der Waals surface area contributed by atoms with Crippen LogP contribution in [0.15, 0.2) is 66.7 Å². The summed E-state index contributed by atoms with van der Waals surface area (Å²) >= 11 is 0. The Balaban J connectivity index is 1.87. The third-order valence-corrected chi connectivity index (χ3v) is 4.64. The first kappa shape index (κ1) is 11.9. The molecule has 5 rings (SSSR count). The Bertz CT molecular complexity index is 997. The van der Waals surface area contributed by atoms with E-state index in [-0.39, 0.29) is 0 Å². The Labute approximate surface area is 129 Å². The molecule has 1 N–H and O–H groups in total. The maximum Gasteiger partial charge on any atom is 0.0727 e. The van der Waals surface area contributed by atoms with Gasteiger partial charge in [-0.2, -0.15) is 0 Å². The van der Waals surface area contributed by atoms with Crippen molar-refractivity contribution >= 4 is 27.5 Å². The Kier molecular flexibility index (Phi) is 2.36. The highest BCUT2D eigenvalue weighted by atomic mass is 15.1. The van der Waals surface area contributed by atoms with Gasteiger partial charge in [-0.1, -0.05) is 48.5 Å². The summed E-state index contributed by atoms with van der Waals surface area (Å²) in [6.07, 6.45) is 0. The second-order valence-corrected chi connectivity index (χ2v) is 5.88. The summed E-state index contributed by atoms with van der Waals surface area (Å²) in [5.74, 6) is 0. The fourth-order valence-corrected chi connectivity index (χ4v) is 3.65. The quantitative estimate of drug-likeness (QED) is 0.527. The topological polar surface area (TPSA) is 17.0 Å². The van der Waals surface area contributed by atoms with Crippen LogP contribution in [-0.2, 0) is 6.54 Å². The standard InChI is InChI=1S/C20H16N2/c1-2-5-14(6-3-1)15-9-10-19-17(13-15)16-7-4-8-18-20(16)22(19)12-11-21-18/h1-10,13,21H,11-12H2. The molecule has 4 aromatic rings. The molecule has 0 atom stereocenters. The number of hydrogen-bond donors (Lipinski definition) is 1. The van der Waals surface area contributed by atoms with Gasteiger partial charge in [0.15, 0.2) is 0 Å². The zero-order chi connectivity index (χ0) is 14.5. The first-order valence-electron chi connectivity index (χ1n) is 7.76. The number of hydrogen-bond acceptors (Lipinski definition) is 1. The lowest BCUT2D eigenvalue weighted by Crippen LogP contribution is -2.16. The van der Waals surface area contributed by atoms with Gasteiger partial charge >= 0.3 is 0 Å². The molecule has 2 heteroatoms. The maximum atomic E-state index is 3.51. The second kappa shape index (κ2) is 4.38. The van der Waals surface area contributed by atoms with Crippen molar-refractivity contribution in [3.63, 3.8) is 0 Å². The van der Waals surface area contributed by atoms with Crippen LogP contribution in [0, 0.1) is 0 Å². The van der Waals surface area contributed by atoms with Gasteiger partial charge in [-0.15, -0.1) is 0 Å². The molecule has 0 amide bonds. The van der Waals surface area contributed by atoms with E-state index < -0.39 is 0 Å². The van der Waals surface area contributed by atoms with Gasteiger partial charge in [-0.25, -0.2) is 0 Å². The Hall–Kier alpha value is -2.74. The molecule has 0 saturated heterocycles. The van der Waals surface area contributed by atoms with Crippen molar-refractivity contribution in [3.05, 3.63) is 66.7 Å². The van der Waals surface area contributed by atoms with Crippen molar-refractivity contribution in [3.8, 4) is 11.1 Å². The average Bonchev–Trinajstić information content (AvgIpc) is 2.92. The van der Waals surface area contributed by atoms with Crippen molar-refractivity contribution in [2.45, 2.75) is 6.54 Å². The van der Waals surface area contributed by atoms with Gasteiger partial charge in [0.05, 0.1) is 11.2 Å². The number of anilines is 1. The summed E-state index contributed by atoms with van der Waals surface area (Å²) in [5.41, 5.74) is 6.48. The lowest BCUT2D eigenvalue weighted by atomic mass is 10.0. The molecule has 3 aromatic carbocycles. The molecule has 1 aliphatic rings. The van der Waals surface area contributed by atoms with Gasteiger partial charge in [0.2, 0.25) is 0 Å². The molecule has 0 fully saturated rings. The molecular weight excluding hydrogens is 268 g/mol. The fourth-order valence-electron chi connectivity index (χ4n) is 3.65. The van der Waals surface area contributed by atoms with Gasteiger partial charge in [-0.3, -0.25) is 0 Å². The summed E-state index contributed by atoms with van der Waals surface area (Å²) in [5, 5.41) is 6.21. The molecule has 2 nitrogen and oxygen atoms in total. The van der Waals surface area contributed by atoms with Crippen LogP contribution < -0.4 is 5.32 Å². The average molecular weight is 284 g/mol. The Morgan fingerprint density at radius 2 is 1.68 bits per heavy atom.